The number of hydrogen-bond acceptors (Lipinski definition) is 4. The minimum atomic E-state index is -0.937. The lowest BCUT2D eigenvalue weighted by molar-refractivity contribution is -0.137. The van der Waals surface area contributed by atoms with Gasteiger partial charge in [-0.25, -0.2) is 4.79 Å². The Morgan fingerprint density at radius 3 is 2.36 bits per heavy atom. The minimum Gasteiger partial charge on any atom is -0.481 e. The van der Waals surface area contributed by atoms with Crippen LogP contribution in [0.5, 0.6) is 0 Å². The number of carbonyl (C=O) groups excluding carboxylic acids is 2. The third kappa shape index (κ3) is 6.39. The molecule has 1 amide bonds. The number of carboxylic acids is 1. The van der Waals surface area contributed by atoms with Crippen LogP contribution in [0, 0.1) is 0 Å². The Labute approximate surface area is 129 Å². The number of carboxylic acid groups (broad SMARTS) is 1. The fourth-order valence-electron chi connectivity index (χ4n) is 1.78. The van der Waals surface area contributed by atoms with Crippen molar-refractivity contribution in [1.82, 2.24) is 0 Å². The molecule has 0 atom stereocenters. The van der Waals surface area contributed by atoms with E-state index in [1.165, 1.54) is 0 Å². The van der Waals surface area contributed by atoms with Crippen LogP contribution in [-0.4, -0.2) is 28.6 Å². The van der Waals surface area contributed by atoms with Crippen LogP contribution >= 0.6 is 0 Å². The Morgan fingerprint density at radius 1 is 1.14 bits per heavy atom. The van der Waals surface area contributed by atoms with Crippen LogP contribution in [0.3, 0.4) is 0 Å². The van der Waals surface area contributed by atoms with Gasteiger partial charge >= 0.3 is 12.1 Å². The molecule has 6 nitrogen and oxygen atoms in total. The number of para-hydroxylation sites is 1. The average Bonchev–Trinajstić information content (AvgIpc) is 2.36. The van der Waals surface area contributed by atoms with Crippen molar-refractivity contribution < 1.29 is 24.2 Å². The van der Waals surface area contributed by atoms with Gasteiger partial charge in [-0.05, 0) is 39.3 Å². The molecule has 0 spiro atoms. The number of amides is 1. The van der Waals surface area contributed by atoms with Gasteiger partial charge in [0.1, 0.15) is 5.60 Å². The Kier molecular flexibility index (Phi) is 6.10. The molecule has 1 rings (SSSR count). The Bertz CT molecular complexity index is 560. The molecule has 0 saturated heterocycles. The molecule has 1 aromatic rings. The fraction of sp³-hybridized carbons (Fsp3) is 0.438. The second kappa shape index (κ2) is 7.59. The molecule has 0 heterocycles. The van der Waals surface area contributed by atoms with Gasteiger partial charge in [0, 0.05) is 18.4 Å². The smallest absolute Gasteiger partial charge is 0.412 e. The van der Waals surface area contributed by atoms with Gasteiger partial charge in [-0.2, -0.15) is 0 Å². The van der Waals surface area contributed by atoms with Crippen LogP contribution in [0.2, 0.25) is 0 Å². The molecular weight excluding hydrogens is 286 g/mol. The van der Waals surface area contributed by atoms with Crippen molar-refractivity contribution in [2.45, 2.75) is 45.6 Å². The number of ether oxygens (including phenoxy) is 1. The third-order valence-electron chi connectivity index (χ3n) is 2.66. The average molecular weight is 307 g/mol. The van der Waals surface area contributed by atoms with Crippen molar-refractivity contribution in [3.8, 4) is 0 Å². The molecule has 0 aliphatic carbocycles. The lowest BCUT2D eigenvalue weighted by Gasteiger charge is -2.20. The molecule has 0 aromatic heterocycles. The zero-order valence-corrected chi connectivity index (χ0v) is 13.0. The summed E-state index contributed by atoms with van der Waals surface area (Å²) in [7, 11) is 0. The van der Waals surface area contributed by atoms with E-state index < -0.39 is 17.7 Å². The highest BCUT2D eigenvalue weighted by Gasteiger charge is 2.18. The van der Waals surface area contributed by atoms with Gasteiger partial charge in [0.15, 0.2) is 5.78 Å². The minimum absolute atomic E-state index is 0.0621. The normalized spacial score (nSPS) is 10.9. The highest BCUT2D eigenvalue weighted by molar-refractivity contribution is 6.03. The van der Waals surface area contributed by atoms with E-state index in [0.29, 0.717) is 11.3 Å². The summed E-state index contributed by atoms with van der Waals surface area (Å²) in [6, 6.07) is 6.58. The highest BCUT2D eigenvalue weighted by Crippen LogP contribution is 2.19. The molecule has 0 fully saturated rings. The van der Waals surface area contributed by atoms with Crippen molar-refractivity contribution in [2.75, 3.05) is 5.32 Å². The maximum Gasteiger partial charge on any atom is 0.412 e. The Hall–Kier alpha value is -2.37. The number of nitrogens with one attached hydrogen (secondary N) is 1. The standard InChI is InChI=1S/C16H21NO5/c1-16(2,3)22-15(21)17-12-8-5-4-7-11(12)13(18)9-6-10-14(19)20/h4-5,7-8H,6,9-10H2,1-3H3,(H,17,21)(H,19,20). The van der Waals surface area contributed by atoms with E-state index >= 15 is 0 Å². The summed E-state index contributed by atoms with van der Waals surface area (Å²) in [5.41, 5.74) is 0.0701. The predicted molar refractivity (Wildman–Crippen MR) is 82.1 cm³/mol. The maximum atomic E-state index is 12.1. The number of Topliss-reactive ketones (excluding diaryl/α,β-unsaturated/α-hetero) is 1. The molecule has 22 heavy (non-hydrogen) atoms. The highest BCUT2D eigenvalue weighted by atomic mass is 16.6. The van der Waals surface area contributed by atoms with Crippen LogP contribution in [0.1, 0.15) is 50.4 Å². The van der Waals surface area contributed by atoms with Gasteiger partial charge in [0.2, 0.25) is 0 Å². The first kappa shape index (κ1) is 17.7. The third-order valence-corrected chi connectivity index (χ3v) is 2.66. The largest absolute Gasteiger partial charge is 0.481 e. The van der Waals surface area contributed by atoms with E-state index in [9.17, 15) is 14.4 Å². The van der Waals surface area contributed by atoms with Crippen molar-refractivity contribution in [3.05, 3.63) is 29.8 Å². The zero-order chi connectivity index (χ0) is 16.8. The zero-order valence-electron chi connectivity index (χ0n) is 13.0. The first-order valence-corrected chi connectivity index (χ1v) is 7.03. The summed E-state index contributed by atoms with van der Waals surface area (Å²) in [6.07, 6.45) is -0.333. The van der Waals surface area contributed by atoms with Gasteiger partial charge < -0.3 is 9.84 Å². The van der Waals surface area contributed by atoms with E-state index in [4.69, 9.17) is 9.84 Å². The van der Waals surface area contributed by atoms with E-state index in [-0.39, 0.29) is 25.0 Å². The number of anilines is 1. The monoisotopic (exact) mass is 307 g/mol. The maximum absolute atomic E-state index is 12.1. The second-order valence-corrected chi connectivity index (χ2v) is 5.84. The first-order valence-electron chi connectivity index (χ1n) is 7.03. The Morgan fingerprint density at radius 2 is 1.77 bits per heavy atom. The molecule has 0 unspecified atom stereocenters. The molecule has 2 N–H and O–H groups in total. The Balaban J connectivity index is 2.75. The van der Waals surface area contributed by atoms with Crippen LogP contribution in [0.25, 0.3) is 0 Å². The van der Waals surface area contributed by atoms with Gasteiger partial charge in [-0.15, -0.1) is 0 Å². The van der Waals surface area contributed by atoms with Crippen molar-refractivity contribution in [1.29, 1.82) is 0 Å². The van der Waals surface area contributed by atoms with Crippen LogP contribution in [0.15, 0.2) is 24.3 Å². The lowest BCUT2D eigenvalue weighted by atomic mass is 10.0. The van der Waals surface area contributed by atoms with Gasteiger partial charge in [-0.3, -0.25) is 14.9 Å². The van der Waals surface area contributed by atoms with E-state index in [0.717, 1.165) is 0 Å². The number of carbonyl (C=O) groups is 3. The summed E-state index contributed by atoms with van der Waals surface area (Å²) in [4.78, 5) is 34.4. The van der Waals surface area contributed by atoms with Crippen molar-refractivity contribution in [2.24, 2.45) is 0 Å². The molecular formula is C16H21NO5. The summed E-state index contributed by atoms with van der Waals surface area (Å²) < 4.78 is 5.15. The summed E-state index contributed by atoms with van der Waals surface area (Å²) in [5.74, 6) is -1.15. The number of aliphatic carboxylic acids is 1. The van der Waals surface area contributed by atoms with Crippen LogP contribution < -0.4 is 5.32 Å². The second-order valence-electron chi connectivity index (χ2n) is 5.84. The molecule has 0 radical (unpaired) electrons. The number of ketones is 1. The SMILES string of the molecule is CC(C)(C)OC(=O)Nc1ccccc1C(=O)CCCC(=O)O. The van der Waals surface area contributed by atoms with Crippen LogP contribution in [-0.2, 0) is 9.53 Å². The topological polar surface area (TPSA) is 92.7 Å². The molecule has 0 bridgehead atoms. The van der Waals surface area contributed by atoms with Gasteiger partial charge in [0.05, 0.1) is 5.69 Å². The van der Waals surface area contributed by atoms with E-state index in [1.807, 2.05) is 0 Å². The fourth-order valence-corrected chi connectivity index (χ4v) is 1.78. The van der Waals surface area contributed by atoms with Crippen molar-refractivity contribution >= 4 is 23.5 Å². The number of benzene rings is 1. The molecule has 0 saturated carbocycles. The van der Waals surface area contributed by atoms with Gasteiger partial charge in [-0.1, -0.05) is 12.1 Å². The lowest BCUT2D eigenvalue weighted by Crippen LogP contribution is -2.27. The van der Waals surface area contributed by atoms with Crippen LogP contribution in [0.4, 0.5) is 10.5 Å². The predicted octanol–water partition coefficient (Wildman–Crippen LogP) is 3.47. The molecule has 0 aliphatic heterocycles. The molecule has 1 aromatic carbocycles. The quantitative estimate of drug-likeness (QED) is 0.785. The first-order chi connectivity index (χ1) is 10.2. The van der Waals surface area contributed by atoms with E-state index in [1.54, 1.807) is 45.0 Å². The van der Waals surface area contributed by atoms with E-state index in [2.05, 4.69) is 5.32 Å². The molecule has 0 aliphatic rings. The molecule has 6 heteroatoms. The summed E-state index contributed by atoms with van der Waals surface area (Å²) in [6.45, 7) is 5.24. The number of rotatable bonds is 6. The number of hydrogen-bond donors (Lipinski definition) is 2. The summed E-state index contributed by atoms with van der Waals surface area (Å²) >= 11 is 0. The summed E-state index contributed by atoms with van der Waals surface area (Å²) in [5, 5.41) is 11.1. The molecule has 120 valence electrons. The van der Waals surface area contributed by atoms with Crippen molar-refractivity contribution in [3.63, 3.8) is 0 Å². The van der Waals surface area contributed by atoms with Gasteiger partial charge in [0.25, 0.3) is 0 Å².